The maximum Gasteiger partial charge on any atom is 0.416 e. The van der Waals surface area contributed by atoms with E-state index in [4.69, 9.17) is 11.6 Å². The lowest BCUT2D eigenvalue weighted by atomic mass is 10.2. The first-order valence-electron chi connectivity index (χ1n) is 8.04. The van der Waals surface area contributed by atoms with E-state index in [1.165, 1.54) is 16.8 Å². The van der Waals surface area contributed by atoms with Crippen molar-refractivity contribution in [3.8, 4) is 5.69 Å². The average molecular weight is 407 g/mol. The van der Waals surface area contributed by atoms with E-state index in [9.17, 15) is 18.0 Å². The number of para-hydroxylation sites is 1. The number of anilines is 1. The Balaban J connectivity index is 1.71. The van der Waals surface area contributed by atoms with E-state index in [0.29, 0.717) is 22.1 Å². The van der Waals surface area contributed by atoms with Gasteiger partial charge in [0.1, 0.15) is 0 Å². The Morgan fingerprint density at radius 2 is 1.86 bits per heavy atom. The Hall–Kier alpha value is -3.26. The van der Waals surface area contributed by atoms with Gasteiger partial charge in [-0.15, -0.1) is 0 Å². The summed E-state index contributed by atoms with van der Waals surface area (Å²) in [5, 5.41) is 6.73. The van der Waals surface area contributed by atoms with Crippen molar-refractivity contribution in [2.24, 2.45) is 5.10 Å². The molecular formula is C19H14ClF3N4O. The maximum absolute atomic E-state index is 12.9. The number of aromatic nitrogens is 1. The lowest BCUT2D eigenvalue weighted by molar-refractivity contribution is -0.137. The molecule has 0 unspecified atom stereocenters. The molecule has 0 aliphatic carbocycles. The molecule has 3 aromatic rings. The third-order valence-electron chi connectivity index (χ3n) is 3.72. The highest BCUT2D eigenvalue weighted by molar-refractivity contribution is 6.33. The summed E-state index contributed by atoms with van der Waals surface area (Å²) in [6, 6.07) is 14.3. The first-order valence-corrected chi connectivity index (χ1v) is 8.42. The number of nitrogens with zero attached hydrogens (tertiary/aromatic N) is 2. The molecular weight excluding hydrogens is 393 g/mol. The second-order valence-corrected chi connectivity index (χ2v) is 6.06. The lowest BCUT2D eigenvalue weighted by Crippen LogP contribution is -2.24. The number of hydrogen-bond acceptors (Lipinski definition) is 2. The quantitative estimate of drug-likeness (QED) is 0.448. The van der Waals surface area contributed by atoms with Crippen molar-refractivity contribution in [2.75, 3.05) is 5.32 Å². The molecule has 0 fully saturated rings. The van der Waals surface area contributed by atoms with Gasteiger partial charge in [0.15, 0.2) is 0 Å². The second kappa shape index (κ2) is 8.18. The summed E-state index contributed by atoms with van der Waals surface area (Å²) in [7, 11) is 0. The Morgan fingerprint density at radius 1 is 1.07 bits per heavy atom. The average Bonchev–Trinajstić information content (AvgIpc) is 3.12. The van der Waals surface area contributed by atoms with Crippen LogP contribution in [-0.4, -0.2) is 16.8 Å². The van der Waals surface area contributed by atoms with Crippen LogP contribution in [0.4, 0.5) is 23.7 Å². The zero-order valence-electron chi connectivity index (χ0n) is 14.2. The lowest BCUT2D eigenvalue weighted by Gasteiger charge is -2.11. The molecule has 2 amide bonds. The molecule has 1 aromatic heterocycles. The fourth-order valence-electron chi connectivity index (χ4n) is 2.44. The fourth-order valence-corrected chi connectivity index (χ4v) is 2.62. The van der Waals surface area contributed by atoms with Gasteiger partial charge in [-0.1, -0.05) is 29.8 Å². The molecule has 9 heteroatoms. The molecule has 0 radical (unpaired) electrons. The summed E-state index contributed by atoms with van der Waals surface area (Å²) in [6.07, 6.45) is -1.51. The van der Waals surface area contributed by atoms with Crippen molar-refractivity contribution in [1.29, 1.82) is 0 Å². The summed E-state index contributed by atoms with van der Waals surface area (Å²) >= 11 is 5.95. The standard InChI is InChI=1S/C19H14ClF3N4O/c20-16-8-1-2-9-17(16)25-18(28)26-24-12-15-7-4-10-27(15)14-6-3-5-13(11-14)19(21,22)23/h1-12H,(H2,25,26,28)/b24-12+. The van der Waals surface area contributed by atoms with Crippen LogP contribution in [-0.2, 0) is 6.18 Å². The van der Waals surface area contributed by atoms with Crippen molar-refractivity contribution in [2.45, 2.75) is 6.18 Å². The molecule has 2 N–H and O–H groups in total. The molecule has 0 atom stereocenters. The summed E-state index contributed by atoms with van der Waals surface area (Å²) in [6.45, 7) is 0. The smallest absolute Gasteiger partial charge is 0.316 e. The van der Waals surface area contributed by atoms with Crippen LogP contribution in [0.3, 0.4) is 0 Å². The minimum absolute atomic E-state index is 0.321. The van der Waals surface area contributed by atoms with Crippen molar-refractivity contribution < 1.29 is 18.0 Å². The molecule has 5 nitrogen and oxygen atoms in total. The van der Waals surface area contributed by atoms with Gasteiger partial charge in [-0.3, -0.25) is 0 Å². The van der Waals surface area contributed by atoms with Crippen LogP contribution < -0.4 is 10.7 Å². The van der Waals surface area contributed by atoms with E-state index in [-0.39, 0.29) is 0 Å². The van der Waals surface area contributed by atoms with Gasteiger partial charge in [0.2, 0.25) is 0 Å². The maximum atomic E-state index is 12.9. The van der Waals surface area contributed by atoms with E-state index in [2.05, 4.69) is 15.8 Å². The highest BCUT2D eigenvalue weighted by Crippen LogP contribution is 2.30. The number of carbonyl (C=O) groups is 1. The summed E-state index contributed by atoms with van der Waals surface area (Å²) in [5.41, 5.74) is 2.75. The minimum atomic E-state index is -4.43. The molecule has 0 spiro atoms. The number of amides is 2. The normalized spacial score (nSPS) is 11.6. The van der Waals surface area contributed by atoms with Gasteiger partial charge in [0.25, 0.3) is 0 Å². The van der Waals surface area contributed by atoms with E-state index in [1.807, 2.05) is 0 Å². The number of rotatable bonds is 4. The monoisotopic (exact) mass is 406 g/mol. The zero-order valence-corrected chi connectivity index (χ0v) is 15.0. The first kappa shape index (κ1) is 19.5. The summed E-state index contributed by atoms with van der Waals surface area (Å²) < 4.78 is 40.2. The molecule has 144 valence electrons. The van der Waals surface area contributed by atoms with Gasteiger partial charge >= 0.3 is 12.2 Å². The molecule has 28 heavy (non-hydrogen) atoms. The number of hydrogen-bond donors (Lipinski definition) is 2. The van der Waals surface area contributed by atoms with Crippen molar-refractivity contribution >= 4 is 29.5 Å². The van der Waals surface area contributed by atoms with Gasteiger partial charge in [-0.2, -0.15) is 18.3 Å². The van der Waals surface area contributed by atoms with E-state index < -0.39 is 17.8 Å². The van der Waals surface area contributed by atoms with E-state index in [0.717, 1.165) is 12.1 Å². The Bertz CT molecular complexity index is 1010. The number of carbonyl (C=O) groups excluding carboxylic acids is 1. The van der Waals surface area contributed by atoms with Crippen molar-refractivity contribution in [1.82, 2.24) is 9.99 Å². The van der Waals surface area contributed by atoms with Crippen LogP contribution in [0.25, 0.3) is 5.69 Å². The Morgan fingerprint density at radius 3 is 2.61 bits per heavy atom. The largest absolute Gasteiger partial charge is 0.416 e. The Kier molecular flexibility index (Phi) is 5.70. The minimum Gasteiger partial charge on any atom is -0.316 e. The third kappa shape index (κ3) is 4.72. The predicted molar refractivity (Wildman–Crippen MR) is 102 cm³/mol. The van der Waals surface area contributed by atoms with Crippen LogP contribution in [0.15, 0.2) is 72.0 Å². The fraction of sp³-hybridized carbons (Fsp3) is 0.0526. The number of alkyl halides is 3. The van der Waals surface area contributed by atoms with Gasteiger partial charge in [0.05, 0.1) is 28.2 Å². The third-order valence-corrected chi connectivity index (χ3v) is 4.05. The van der Waals surface area contributed by atoms with E-state index >= 15 is 0 Å². The molecule has 3 rings (SSSR count). The van der Waals surface area contributed by atoms with Crippen LogP contribution in [0, 0.1) is 0 Å². The molecule has 0 bridgehead atoms. The SMILES string of the molecule is O=C(N/N=C/c1cccn1-c1cccc(C(F)(F)F)c1)Nc1ccccc1Cl. The Labute approximate surface area is 163 Å². The molecule has 0 saturated carbocycles. The second-order valence-electron chi connectivity index (χ2n) is 5.66. The highest BCUT2D eigenvalue weighted by atomic mass is 35.5. The number of halogens is 4. The zero-order chi connectivity index (χ0) is 20.1. The van der Waals surface area contributed by atoms with E-state index in [1.54, 1.807) is 48.7 Å². The van der Waals surface area contributed by atoms with Crippen LogP contribution in [0.2, 0.25) is 5.02 Å². The van der Waals surface area contributed by atoms with Crippen LogP contribution >= 0.6 is 11.6 Å². The van der Waals surface area contributed by atoms with Gasteiger partial charge in [-0.05, 0) is 42.5 Å². The molecule has 0 saturated heterocycles. The molecule has 0 aliphatic heterocycles. The number of benzene rings is 2. The molecule has 0 aliphatic rings. The van der Waals surface area contributed by atoms with Crippen LogP contribution in [0.1, 0.15) is 11.3 Å². The number of urea groups is 1. The summed E-state index contributed by atoms with van der Waals surface area (Å²) in [5.74, 6) is 0. The topological polar surface area (TPSA) is 58.4 Å². The molecule has 1 heterocycles. The van der Waals surface area contributed by atoms with Crippen molar-refractivity contribution in [3.05, 3.63) is 83.1 Å². The summed E-state index contributed by atoms with van der Waals surface area (Å²) in [4.78, 5) is 11.9. The van der Waals surface area contributed by atoms with Crippen LogP contribution in [0.5, 0.6) is 0 Å². The van der Waals surface area contributed by atoms with Gasteiger partial charge < -0.3 is 9.88 Å². The highest BCUT2D eigenvalue weighted by Gasteiger charge is 2.30. The molecule has 2 aromatic carbocycles. The van der Waals surface area contributed by atoms with Crippen molar-refractivity contribution in [3.63, 3.8) is 0 Å². The first-order chi connectivity index (χ1) is 13.3. The predicted octanol–water partition coefficient (Wildman–Crippen LogP) is 5.31. The van der Waals surface area contributed by atoms with Gasteiger partial charge in [0, 0.05) is 11.9 Å². The number of hydrazone groups is 1. The van der Waals surface area contributed by atoms with Gasteiger partial charge in [-0.25, -0.2) is 10.2 Å². The number of nitrogens with one attached hydrogen (secondary N) is 2.